The van der Waals surface area contributed by atoms with Crippen LogP contribution in [0.3, 0.4) is 0 Å². The highest BCUT2D eigenvalue weighted by atomic mass is 32.2. The van der Waals surface area contributed by atoms with Crippen molar-refractivity contribution in [1.82, 2.24) is 4.72 Å². The van der Waals surface area contributed by atoms with Crippen LogP contribution in [0.2, 0.25) is 0 Å². The van der Waals surface area contributed by atoms with E-state index in [1.807, 2.05) is 68.4 Å². The summed E-state index contributed by atoms with van der Waals surface area (Å²) in [6, 6.07) is 23.4. The molecule has 0 aromatic heterocycles. The predicted octanol–water partition coefficient (Wildman–Crippen LogP) is 4.61. The van der Waals surface area contributed by atoms with Gasteiger partial charge < -0.3 is 5.32 Å². The number of carbonyl (C=O) groups excluding carboxylic acids is 1. The molecule has 6 heteroatoms. The van der Waals surface area contributed by atoms with E-state index in [0.717, 1.165) is 22.4 Å². The zero-order valence-corrected chi connectivity index (χ0v) is 17.9. The molecule has 3 aromatic carbocycles. The van der Waals surface area contributed by atoms with Crippen LogP contribution in [-0.4, -0.2) is 14.3 Å². The highest BCUT2D eigenvalue weighted by Crippen LogP contribution is 2.18. The number of anilines is 1. The standard InChI is InChI=1S/C24H26N2O3S/c1-18-8-6-7-11-23(18)25-24(27)17-14-20-12-15-22(16-13-20)30(28,29)26-19(2)21-9-4-3-5-10-21/h3-13,15-16,19,26H,14,17H2,1-2H3,(H,25,27). The first-order valence-corrected chi connectivity index (χ1v) is 11.4. The van der Waals surface area contributed by atoms with Crippen molar-refractivity contribution in [2.45, 2.75) is 37.6 Å². The maximum absolute atomic E-state index is 12.7. The van der Waals surface area contributed by atoms with E-state index < -0.39 is 10.0 Å². The van der Waals surface area contributed by atoms with Gasteiger partial charge in [-0.3, -0.25) is 4.79 Å². The molecule has 5 nitrogen and oxygen atoms in total. The topological polar surface area (TPSA) is 75.3 Å². The van der Waals surface area contributed by atoms with Crippen molar-refractivity contribution in [3.05, 3.63) is 95.6 Å². The van der Waals surface area contributed by atoms with Crippen molar-refractivity contribution >= 4 is 21.6 Å². The maximum Gasteiger partial charge on any atom is 0.241 e. The molecule has 0 bridgehead atoms. The minimum absolute atomic E-state index is 0.0700. The van der Waals surface area contributed by atoms with Gasteiger partial charge in [-0.1, -0.05) is 60.7 Å². The number of hydrogen-bond donors (Lipinski definition) is 2. The second-order valence-corrected chi connectivity index (χ2v) is 8.97. The number of aryl methyl sites for hydroxylation is 2. The molecular formula is C24H26N2O3S. The van der Waals surface area contributed by atoms with Crippen molar-refractivity contribution in [2.24, 2.45) is 0 Å². The maximum atomic E-state index is 12.7. The fourth-order valence-electron chi connectivity index (χ4n) is 3.13. The van der Waals surface area contributed by atoms with Crippen LogP contribution in [-0.2, 0) is 21.2 Å². The fourth-order valence-corrected chi connectivity index (χ4v) is 4.36. The van der Waals surface area contributed by atoms with Crippen molar-refractivity contribution in [3.63, 3.8) is 0 Å². The van der Waals surface area contributed by atoms with Gasteiger partial charge in [-0.2, -0.15) is 0 Å². The summed E-state index contributed by atoms with van der Waals surface area (Å²) >= 11 is 0. The second-order valence-electron chi connectivity index (χ2n) is 7.26. The third-order valence-electron chi connectivity index (χ3n) is 4.93. The molecule has 0 heterocycles. The fraction of sp³-hybridized carbons (Fsp3) is 0.208. The van der Waals surface area contributed by atoms with Gasteiger partial charge in [0.05, 0.1) is 4.90 Å². The summed E-state index contributed by atoms with van der Waals surface area (Å²) in [6.07, 6.45) is 0.857. The molecule has 1 unspecified atom stereocenters. The summed E-state index contributed by atoms with van der Waals surface area (Å²) in [5.74, 6) is -0.0700. The number of para-hydroxylation sites is 1. The smallest absolute Gasteiger partial charge is 0.241 e. The average Bonchev–Trinajstić information content (AvgIpc) is 2.74. The molecule has 2 N–H and O–H groups in total. The second kappa shape index (κ2) is 9.69. The van der Waals surface area contributed by atoms with Crippen LogP contribution in [0.25, 0.3) is 0 Å². The number of hydrogen-bond acceptors (Lipinski definition) is 3. The molecule has 3 aromatic rings. The Morgan fingerprint density at radius 3 is 2.20 bits per heavy atom. The van der Waals surface area contributed by atoms with Crippen LogP contribution in [0.15, 0.2) is 83.8 Å². The Morgan fingerprint density at radius 1 is 0.900 bits per heavy atom. The van der Waals surface area contributed by atoms with E-state index >= 15 is 0 Å². The lowest BCUT2D eigenvalue weighted by atomic mass is 10.1. The van der Waals surface area contributed by atoms with E-state index in [1.54, 1.807) is 24.3 Å². The molecule has 0 spiro atoms. The zero-order valence-electron chi connectivity index (χ0n) is 17.1. The normalized spacial score (nSPS) is 12.3. The van der Waals surface area contributed by atoms with Crippen molar-refractivity contribution in [2.75, 3.05) is 5.32 Å². The van der Waals surface area contributed by atoms with Gasteiger partial charge in [0.15, 0.2) is 0 Å². The van der Waals surface area contributed by atoms with Crippen molar-refractivity contribution < 1.29 is 13.2 Å². The number of rotatable bonds is 8. The molecule has 0 radical (unpaired) electrons. The molecule has 1 amide bonds. The van der Waals surface area contributed by atoms with Crippen LogP contribution in [0, 0.1) is 6.92 Å². The minimum Gasteiger partial charge on any atom is -0.326 e. The molecule has 0 aliphatic heterocycles. The lowest BCUT2D eigenvalue weighted by Gasteiger charge is -2.15. The summed E-state index contributed by atoms with van der Waals surface area (Å²) < 4.78 is 28.0. The van der Waals surface area contributed by atoms with Crippen molar-refractivity contribution in [1.29, 1.82) is 0 Å². The molecule has 0 saturated carbocycles. The number of carbonyl (C=O) groups is 1. The number of benzene rings is 3. The van der Waals surface area contributed by atoms with Gasteiger partial charge in [0.2, 0.25) is 15.9 Å². The molecule has 0 fully saturated rings. The molecule has 156 valence electrons. The zero-order chi connectivity index (χ0) is 21.6. The lowest BCUT2D eigenvalue weighted by molar-refractivity contribution is -0.116. The predicted molar refractivity (Wildman–Crippen MR) is 120 cm³/mol. The summed E-state index contributed by atoms with van der Waals surface area (Å²) in [5.41, 5.74) is 3.63. The number of sulfonamides is 1. The first-order valence-electron chi connectivity index (χ1n) is 9.87. The van der Waals surface area contributed by atoms with Crippen LogP contribution < -0.4 is 10.0 Å². The molecule has 3 rings (SSSR count). The van der Waals surface area contributed by atoms with E-state index in [-0.39, 0.29) is 16.8 Å². The van der Waals surface area contributed by atoms with Gasteiger partial charge in [-0.25, -0.2) is 13.1 Å². The van der Waals surface area contributed by atoms with Crippen LogP contribution >= 0.6 is 0 Å². The van der Waals surface area contributed by atoms with Gasteiger partial charge in [0, 0.05) is 18.2 Å². The number of nitrogens with one attached hydrogen (secondary N) is 2. The Balaban J connectivity index is 1.57. The number of amides is 1. The van der Waals surface area contributed by atoms with Gasteiger partial charge in [-0.15, -0.1) is 0 Å². The Morgan fingerprint density at radius 2 is 1.53 bits per heavy atom. The van der Waals surface area contributed by atoms with Gasteiger partial charge >= 0.3 is 0 Å². The Kier molecular flexibility index (Phi) is 7.03. The largest absolute Gasteiger partial charge is 0.326 e. The summed E-state index contributed by atoms with van der Waals surface area (Å²) in [4.78, 5) is 12.4. The lowest BCUT2D eigenvalue weighted by Crippen LogP contribution is -2.26. The summed E-state index contributed by atoms with van der Waals surface area (Å²) in [5, 5.41) is 2.91. The Bertz CT molecular complexity index is 1090. The Labute approximate surface area is 178 Å². The van der Waals surface area contributed by atoms with E-state index in [4.69, 9.17) is 0 Å². The van der Waals surface area contributed by atoms with Gasteiger partial charge in [0.1, 0.15) is 0 Å². The third kappa shape index (κ3) is 5.78. The Hall–Kier alpha value is -2.96. The molecule has 30 heavy (non-hydrogen) atoms. The van der Waals surface area contributed by atoms with E-state index in [2.05, 4.69) is 10.0 Å². The quantitative estimate of drug-likeness (QED) is 0.557. The first-order chi connectivity index (χ1) is 14.3. The third-order valence-corrected chi connectivity index (χ3v) is 6.48. The van der Waals surface area contributed by atoms with Crippen molar-refractivity contribution in [3.8, 4) is 0 Å². The summed E-state index contributed by atoms with van der Waals surface area (Å²) in [6.45, 7) is 3.76. The molecule has 0 aliphatic rings. The van der Waals surface area contributed by atoms with Crippen LogP contribution in [0.5, 0.6) is 0 Å². The van der Waals surface area contributed by atoms with E-state index in [0.29, 0.717) is 12.8 Å². The van der Waals surface area contributed by atoms with E-state index in [9.17, 15) is 13.2 Å². The van der Waals surface area contributed by atoms with Crippen LogP contribution in [0.4, 0.5) is 5.69 Å². The molecule has 0 saturated heterocycles. The monoisotopic (exact) mass is 422 g/mol. The highest BCUT2D eigenvalue weighted by molar-refractivity contribution is 7.89. The SMILES string of the molecule is Cc1ccccc1NC(=O)CCc1ccc(S(=O)(=O)NC(C)c2ccccc2)cc1. The van der Waals surface area contributed by atoms with E-state index in [1.165, 1.54) is 0 Å². The highest BCUT2D eigenvalue weighted by Gasteiger charge is 2.18. The van der Waals surface area contributed by atoms with Gasteiger partial charge in [0.25, 0.3) is 0 Å². The molecule has 0 aliphatic carbocycles. The minimum atomic E-state index is -3.63. The van der Waals surface area contributed by atoms with Crippen LogP contribution in [0.1, 0.15) is 36.1 Å². The summed E-state index contributed by atoms with van der Waals surface area (Å²) in [7, 11) is -3.63. The van der Waals surface area contributed by atoms with Gasteiger partial charge in [-0.05, 0) is 55.2 Å². The molecule has 1 atom stereocenters. The molecular weight excluding hydrogens is 396 g/mol. The first kappa shape index (κ1) is 21.7. The average molecular weight is 423 g/mol.